The van der Waals surface area contributed by atoms with Gasteiger partial charge in [0.05, 0.1) is 6.61 Å². The van der Waals surface area contributed by atoms with E-state index in [2.05, 4.69) is 37.9 Å². The van der Waals surface area contributed by atoms with Crippen molar-refractivity contribution in [2.45, 2.75) is 20.0 Å². The molecule has 31 heavy (non-hydrogen) atoms. The maximum atomic E-state index is 10.0. The number of aliphatic carboxylic acids is 2. The van der Waals surface area contributed by atoms with E-state index >= 15 is 0 Å². The highest BCUT2D eigenvalue weighted by Gasteiger charge is 2.19. The number of rotatable bonds is 6. The molecule has 0 unspecified atom stereocenters. The van der Waals surface area contributed by atoms with Crippen LogP contribution in [-0.2, 0) is 22.7 Å². The Bertz CT molecular complexity index is 872. The van der Waals surface area contributed by atoms with Gasteiger partial charge < -0.3 is 20.1 Å². The standard InChI is InChI=1S/C20H25BrN2O2.C2H2O4/c1-2-25-20-6-4-3-5-16(20)14-22-9-11-23(12-10-22)15-17-13-18(21)7-8-19(17)24;3-1(4)2(5)6/h3-8,13,24H,2,9-12,14-15H2,1H3;(H,3,4)(H,5,6). The van der Waals surface area contributed by atoms with Crippen LogP contribution >= 0.6 is 15.9 Å². The topological polar surface area (TPSA) is 111 Å². The fourth-order valence-corrected chi connectivity index (χ4v) is 3.61. The first kappa shape index (κ1) is 24.6. The maximum absolute atomic E-state index is 10.0. The van der Waals surface area contributed by atoms with Crippen molar-refractivity contribution in [1.29, 1.82) is 0 Å². The number of nitrogens with zero attached hydrogens (tertiary/aromatic N) is 2. The smallest absolute Gasteiger partial charge is 0.414 e. The van der Waals surface area contributed by atoms with E-state index in [1.807, 2.05) is 31.2 Å². The van der Waals surface area contributed by atoms with Gasteiger partial charge in [-0.25, -0.2) is 9.59 Å². The Kier molecular flexibility index (Phi) is 9.77. The Hall–Kier alpha value is -2.62. The highest BCUT2D eigenvalue weighted by atomic mass is 79.9. The summed E-state index contributed by atoms with van der Waals surface area (Å²) < 4.78 is 6.74. The maximum Gasteiger partial charge on any atom is 0.414 e. The minimum absolute atomic E-state index is 0.372. The van der Waals surface area contributed by atoms with Crippen LogP contribution in [0.1, 0.15) is 18.1 Å². The van der Waals surface area contributed by atoms with E-state index in [1.165, 1.54) is 5.56 Å². The Labute approximate surface area is 189 Å². The van der Waals surface area contributed by atoms with Gasteiger partial charge >= 0.3 is 11.9 Å². The van der Waals surface area contributed by atoms with Crippen LogP contribution in [0.25, 0.3) is 0 Å². The van der Waals surface area contributed by atoms with Gasteiger partial charge in [-0.2, -0.15) is 0 Å². The molecule has 2 aromatic rings. The predicted octanol–water partition coefficient (Wildman–Crippen LogP) is 3.03. The number of piperazine rings is 1. The van der Waals surface area contributed by atoms with Crippen molar-refractivity contribution in [2.75, 3.05) is 32.8 Å². The van der Waals surface area contributed by atoms with Crippen LogP contribution in [0.3, 0.4) is 0 Å². The van der Waals surface area contributed by atoms with Gasteiger partial charge in [-0.1, -0.05) is 34.1 Å². The third-order valence-corrected chi connectivity index (χ3v) is 5.24. The number of carbonyl (C=O) groups is 2. The summed E-state index contributed by atoms with van der Waals surface area (Å²) in [6.45, 7) is 8.48. The lowest BCUT2D eigenvalue weighted by Gasteiger charge is -2.35. The minimum atomic E-state index is -1.82. The van der Waals surface area contributed by atoms with Crippen molar-refractivity contribution in [2.24, 2.45) is 0 Å². The summed E-state index contributed by atoms with van der Waals surface area (Å²) in [5.74, 6) is -2.28. The number of carboxylic acids is 2. The van der Waals surface area contributed by atoms with Crippen molar-refractivity contribution in [3.63, 3.8) is 0 Å². The second-order valence-electron chi connectivity index (χ2n) is 6.98. The normalized spacial score (nSPS) is 14.4. The van der Waals surface area contributed by atoms with E-state index in [-0.39, 0.29) is 0 Å². The molecule has 1 heterocycles. The molecule has 1 aliphatic heterocycles. The van der Waals surface area contributed by atoms with Gasteiger partial charge in [0.1, 0.15) is 11.5 Å². The summed E-state index contributed by atoms with van der Waals surface area (Å²) in [4.78, 5) is 23.1. The molecule has 8 nitrogen and oxygen atoms in total. The van der Waals surface area contributed by atoms with Crippen LogP contribution in [-0.4, -0.2) is 69.8 Å². The zero-order valence-corrected chi connectivity index (χ0v) is 18.9. The SMILES string of the molecule is CCOc1ccccc1CN1CCN(Cc2cc(Br)ccc2O)CC1.O=C(O)C(=O)O. The molecular formula is C22H27BrN2O6. The summed E-state index contributed by atoms with van der Waals surface area (Å²) >= 11 is 3.48. The third kappa shape index (κ3) is 8.20. The van der Waals surface area contributed by atoms with Crippen molar-refractivity contribution in [1.82, 2.24) is 9.80 Å². The van der Waals surface area contributed by atoms with Crippen molar-refractivity contribution >= 4 is 27.9 Å². The predicted molar refractivity (Wildman–Crippen MR) is 119 cm³/mol. The van der Waals surface area contributed by atoms with Crippen LogP contribution in [0.5, 0.6) is 11.5 Å². The molecule has 0 atom stereocenters. The Balaban J connectivity index is 0.000000501. The van der Waals surface area contributed by atoms with Gasteiger partial charge in [0.25, 0.3) is 0 Å². The number of phenols is 1. The van der Waals surface area contributed by atoms with E-state index in [4.69, 9.17) is 24.5 Å². The average molecular weight is 495 g/mol. The van der Waals surface area contributed by atoms with Gasteiger partial charge in [-0.3, -0.25) is 9.80 Å². The molecular weight excluding hydrogens is 468 g/mol. The number of ether oxygens (including phenoxy) is 1. The van der Waals surface area contributed by atoms with Crippen LogP contribution in [0, 0.1) is 0 Å². The zero-order valence-electron chi connectivity index (χ0n) is 17.3. The van der Waals surface area contributed by atoms with Gasteiger partial charge in [0, 0.05) is 54.9 Å². The molecule has 0 aromatic heterocycles. The summed E-state index contributed by atoms with van der Waals surface area (Å²) in [6, 6.07) is 13.9. The molecule has 0 spiro atoms. The van der Waals surface area contributed by atoms with Crippen LogP contribution in [0.4, 0.5) is 0 Å². The number of para-hydroxylation sites is 1. The third-order valence-electron chi connectivity index (χ3n) is 4.75. The zero-order chi connectivity index (χ0) is 22.8. The van der Waals surface area contributed by atoms with Crippen molar-refractivity contribution in [3.8, 4) is 11.5 Å². The molecule has 0 aliphatic carbocycles. The van der Waals surface area contributed by atoms with E-state index in [1.54, 1.807) is 6.07 Å². The number of aromatic hydroxyl groups is 1. The van der Waals surface area contributed by atoms with E-state index < -0.39 is 11.9 Å². The molecule has 2 aromatic carbocycles. The molecule has 0 saturated carbocycles. The number of benzene rings is 2. The number of carboxylic acid groups (broad SMARTS) is 2. The number of phenolic OH excluding ortho intramolecular Hbond substituents is 1. The first-order valence-corrected chi connectivity index (χ1v) is 10.7. The Morgan fingerprint density at radius 1 is 0.935 bits per heavy atom. The van der Waals surface area contributed by atoms with Crippen LogP contribution < -0.4 is 4.74 Å². The fraction of sp³-hybridized carbons (Fsp3) is 0.364. The van der Waals surface area contributed by atoms with Gasteiger partial charge in [0.2, 0.25) is 0 Å². The molecule has 1 fully saturated rings. The second kappa shape index (κ2) is 12.3. The fourth-order valence-electron chi connectivity index (χ4n) is 3.20. The lowest BCUT2D eigenvalue weighted by Crippen LogP contribution is -2.45. The van der Waals surface area contributed by atoms with Crippen LogP contribution in [0.2, 0.25) is 0 Å². The first-order chi connectivity index (χ1) is 14.8. The quantitative estimate of drug-likeness (QED) is 0.525. The monoisotopic (exact) mass is 494 g/mol. The summed E-state index contributed by atoms with van der Waals surface area (Å²) in [6.07, 6.45) is 0. The lowest BCUT2D eigenvalue weighted by atomic mass is 10.1. The molecule has 0 amide bonds. The molecule has 3 rings (SSSR count). The van der Waals surface area contributed by atoms with Gasteiger partial charge in [-0.15, -0.1) is 0 Å². The molecule has 1 saturated heterocycles. The Morgan fingerprint density at radius 2 is 1.48 bits per heavy atom. The highest BCUT2D eigenvalue weighted by Crippen LogP contribution is 2.24. The first-order valence-electron chi connectivity index (χ1n) is 9.89. The second-order valence-corrected chi connectivity index (χ2v) is 7.89. The van der Waals surface area contributed by atoms with E-state index in [9.17, 15) is 5.11 Å². The van der Waals surface area contributed by atoms with Crippen molar-refractivity contribution < 1.29 is 29.6 Å². The molecule has 0 bridgehead atoms. The molecule has 0 radical (unpaired) electrons. The van der Waals surface area contributed by atoms with Crippen LogP contribution in [0.15, 0.2) is 46.9 Å². The minimum Gasteiger partial charge on any atom is -0.508 e. The van der Waals surface area contributed by atoms with Gasteiger partial charge in [0.15, 0.2) is 0 Å². The average Bonchev–Trinajstić information content (AvgIpc) is 2.74. The molecule has 9 heteroatoms. The van der Waals surface area contributed by atoms with Gasteiger partial charge in [-0.05, 0) is 31.2 Å². The summed E-state index contributed by atoms with van der Waals surface area (Å²) in [5.41, 5.74) is 2.23. The van der Waals surface area contributed by atoms with E-state index in [0.29, 0.717) is 12.4 Å². The lowest BCUT2D eigenvalue weighted by molar-refractivity contribution is -0.159. The van der Waals surface area contributed by atoms with Crippen molar-refractivity contribution in [3.05, 3.63) is 58.1 Å². The number of hydrogen-bond donors (Lipinski definition) is 3. The molecule has 168 valence electrons. The Morgan fingerprint density at radius 3 is 2.03 bits per heavy atom. The molecule has 3 N–H and O–H groups in total. The van der Waals surface area contributed by atoms with E-state index in [0.717, 1.165) is 55.1 Å². The largest absolute Gasteiger partial charge is 0.508 e. The highest BCUT2D eigenvalue weighted by molar-refractivity contribution is 9.10. The number of hydrogen-bond acceptors (Lipinski definition) is 6. The number of halogens is 1. The summed E-state index contributed by atoms with van der Waals surface area (Å²) in [7, 11) is 0. The summed E-state index contributed by atoms with van der Waals surface area (Å²) in [5, 5.41) is 24.8. The molecule has 1 aliphatic rings.